The average Bonchev–Trinajstić information content (AvgIpc) is 2.65. The molecule has 0 bridgehead atoms. The lowest BCUT2D eigenvalue weighted by Gasteiger charge is -2.32. The van der Waals surface area contributed by atoms with Crippen LogP contribution < -0.4 is 4.74 Å². The van der Waals surface area contributed by atoms with Crippen molar-refractivity contribution in [3.05, 3.63) is 42.0 Å². The number of benzene rings is 1. The van der Waals surface area contributed by atoms with Gasteiger partial charge in [0, 0.05) is 5.57 Å². The Labute approximate surface area is 166 Å². The van der Waals surface area contributed by atoms with Crippen LogP contribution in [-0.2, 0) is 14.4 Å². The van der Waals surface area contributed by atoms with Crippen molar-refractivity contribution in [2.24, 2.45) is 11.3 Å². The van der Waals surface area contributed by atoms with Gasteiger partial charge >= 0.3 is 17.9 Å². The standard InChI is InChI=1S/C22H30O6/c1-5-7-8-17(6-2)13-22(21(26)27,16(4)20(24)25)14-19(23)28-18-11-9-15(3)10-12-18/h9-12,17H,4-8,13-14H2,1-3H3,(H,24,25)(H,26,27). The third-order valence-corrected chi connectivity index (χ3v) is 5.12. The Morgan fingerprint density at radius 2 is 1.75 bits per heavy atom. The summed E-state index contributed by atoms with van der Waals surface area (Å²) in [6.07, 6.45) is 2.77. The van der Waals surface area contributed by atoms with E-state index < -0.39 is 35.3 Å². The van der Waals surface area contributed by atoms with E-state index in [-0.39, 0.29) is 18.1 Å². The number of unbranched alkanes of at least 4 members (excludes halogenated alkanes) is 1. The maximum absolute atomic E-state index is 12.5. The van der Waals surface area contributed by atoms with Crippen LogP contribution in [0, 0.1) is 18.3 Å². The number of rotatable bonds is 12. The van der Waals surface area contributed by atoms with Gasteiger partial charge in [0.15, 0.2) is 0 Å². The lowest BCUT2D eigenvalue weighted by Crippen LogP contribution is -2.40. The van der Waals surface area contributed by atoms with E-state index in [4.69, 9.17) is 4.74 Å². The lowest BCUT2D eigenvalue weighted by atomic mass is 9.70. The summed E-state index contributed by atoms with van der Waals surface area (Å²) in [6, 6.07) is 6.75. The normalized spacial score (nSPS) is 14.0. The van der Waals surface area contributed by atoms with Crippen molar-refractivity contribution in [1.82, 2.24) is 0 Å². The SMILES string of the molecule is C=C(C(=O)O)C(CC(=O)Oc1ccc(C)cc1)(CC(CC)CCCC)C(=O)O. The van der Waals surface area contributed by atoms with E-state index in [0.717, 1.165) is 24.8 Å². The van der Waals surface area contributed by atoms with Gasteiger partial charge in [0.1, 0.15) is 11.2 Å². The molecule has 154 valence electrons. The average molecular weight is 390 g/mol. The first kappa shape index (κ1) is 23.4. The molecule has 1 aromatic carbocycles. The zero-order valence-corrected chi connectivity index (χ0v) is 16.9. The molecule has 0 radical (unpaired) electrons. The van der Waals surface area contributed by atoms with Gasteiger partial charge in [0.2, 0.25) is 0 Å². The van der Waals surface area contributed by atoms with Gasteiger partial charge in [-0.15, -0.1) is 0 Å². The monoisotopic (exact) mass is 390 g/mol. The highest BCUT2D eigenvalue weighted by atomic mass is 16.5. The molecule has 0 amide bonds. The van der Waals surface area contributed by atoms with Crippen LogP contribution in [-0.4, -0.2) is 28.1 Å². The Bertz CT molecular complexity index is 706. The van der Waals surface area contributed by atoms with E-state index >= 15 is 0 Å². The summed E-state index contributed by atoms with van der Waals surface area (Å²) >= 11 is 0. The second kappa shape index (κ2) is 10.6. The highest BCUT2D eigenvalue weighted by molar-refractivity contribution is 5.98. The molecule has 6 heteroatoms. The van der Waals surface area contributed by atoms with Crippen LogP contribution >= 0.6 is 0 Å². The van der Waals surface area contributed by atoms with Gasteiger partial charge in [0.05, 0.1) is 6.42 Å². The van der Waals surface area contributed by atoms with Crippen LogP contribution in [0.4, 0.5) is 0 Å². The largest absolute Gasteiger partial charge is 0.481 e. The summed E-state index contributed by atoms with van der Waals surface area (Å²) in [6.45, 7) is 9.35. The van der Waals surface area contributed by atoms with Gasteiger partial charge in [-0.2, -0.15) is 0 Å². The van der Waals surface area contributed by atoms with E-state index in [1.807, 2.05) is 20.8 Å². The molecule has 0 saturated carbocycles. The minimum absolute atomic E-state index is 0.0284. The van der Waals surface area contributed by atoms with E-state index in [0.29, 0.717) is 6.42 Å². The van der Waals surface area contributed by atoms with Crippen LogP contribution in [0.1, 0.15) is 57.9 Å². The molecule has 6 nitrogen and oxygen atoms in total. The summed E-state index contributed by atoms with van der Waals surface area (Å²) in [7, 11) is 0. The summed E-state index contributed by atoms with van der Waals surface area (Å²) in [5.74, 6) is -3.32. The molecule has 0 heterocycles. The Morgan fingerprint density at radius 3 is 2.21 bits per heavy atom. The van der Waals surface area contributed by atoms with Gasteiger partial charge < -0.3 is 14.9 Å². The van der Waals surface area contributed by atoms with Gasteiger partial charge in [-0.1, -0.05) is 63.8 Å². The van der Waals surface area contributed by atoms with Gasteiger partial charge in [0.25, 0.3) is 0 Å². The molecule has 1 rings (SSSR count). The Balaban J connectivity index is 3.14. The molecule has 0 fully saturated rings. The molecule has 2 atom stereocenters. The molecule has 0 aliphatic heterocycles. The highest BCUT2D eigenvalue weighted by Crippen LogP contribution is 2.41. The smallest absolute Gasteiger partial charge is 0.332 e. The molecule has 0 aromatic heterocycles. The Hall–Kier alpha value is -2.63. The van der Waals surface area contributed by atoms with Gasteiger partial charge in [-0.3, -0.25) is 9.59 Å². The highest BCUT2D eigenvalue weighted by Gasteiger charge is 2.47. The predicted molar refractivity (Wildman–Crippen MR) is 106 cm³/mol. The molecule has 2 N–H and O–H groups in total. The molecule has 1 aromatic rings. The number of carboxylic acids is 2. The van der Waals surface area contributed by atoms with Crippen molar-refractivity contribution >= 4 is 17.9 Å². The van der Waals surface area contributed by atoms with E-state index in [1.54, 1.807) is 24.3 Å². The maximum atomic E-state index is 12.5. The van der Waals surface area contributed by atoms with Gasteiger partial charge in [-0.05, 0) is 31.4 Å². The number of esters is 1. The lowest BCUT2D eigenvalue weighted by molar-refractivity contribution is -0.155. The first-order valence-electron chi connectivity index (χ1n) is 9.59. The topological polar surface area (TPSA) is 101 Å². The van der Waals surface area contributed by atoms with Crippen molar-refractivity contribution in [1.29, 1.82) is 0 Å². The zero-order valence-electron chi connectivity index (χ0n) is 16.9. The molecule has 0 aliphatic carbocycles. The van der Waals surface area contributed by atoms with Crippen LogP contribution in [0.3, 0.4) is 0 Å². The van der Waals surface area contributed by atoms with Crippen molar-refractivity contribution in [2.75, 3.05) is 0 Å². The minimum atomic E-state index is -1.90. The summed E-state index contributed by atoms with van der Waals surface area (Å²) in [5, 5.41) is 19.4. The molecular formula is C22H30O6. The van der Waals surface area contributed by atoms with Crippen LogP contribution in [0.2, 0.25) is 0 Å². The summed E-state index contributed by atoms with van der Waals surface area (Å²) < 4.78 is 5.27. The number of aliphatic carboxylic acids is 2. The van der Waals surface area contributed by atoms with E-state index in [9.17, 15) is 24.6 Å². The number of ether oxygens (including phenoxy) is 1. The molecule has 28 heavy (non-hydrogen) atoms. The van der Waals surface area contributed by atoms with Crippen LogP contribution in [0.15, 0.2) is 36.4 Å². The molecule has 2 unspecified atom stereocenters. The predicted octanol–water partition coefficient (Wildman–Crippen LogP) is 4.61. The zero-order chi connectivity index (χ0) is 21.3. The minimum Gasteiger partial charge on any atom is -0.481 e. The van der Waals surface area contributed by atoms with Crippen LogP contribution in [0.25, 0.3) is 0 Å². The Kier molecular flexibility index (Phi) is 8.89. The molecule has 0 aliphatic rings. The second-order valence-corrected chi connectivity index (χ2v) is 7.26. The van der Waals surface area contributed by atoms with Gasteiger partial charge in [-0.25, -0.2) is 4.79 Å². The number of carbonyl (C=O) groups excluding carboxylic acids is 1. The van der Waals surface area contributed by atoms with E-state index in [1.165, 1.54) is 0 Å². The fourth-order valence-corrected chi connectivity index (χ4v) is 3.26. The quantitative estimate of drug-likeness (QED) is 0.307. The third kappa shape index (κ3) is 6.22. The number of carbonyl (C=O) groups is 3. The summed E-state index contributed by atoms with van der Waals surface area (Å²) in [5.41, 5.74) is -1.40. The maximum Gasteiger partial charge on any atom is 0.332 e. The third-order valence-electron chi connectivity index (χ3n) is 5.12. The van der Waals surface area contributed by atoms with E-state index in [2.05, 4.69) is 6.58 Å². The number of carboxylic acid groups (broad SMARTS) is 2. The second-order valence-electron chi connectivity index (χ2n) is 7.26. The van der Waals surface area contributed by atoms with Crippen molar-refractivity contribution in [3.8, 4) is 5.75 Å². The first-order chi connectivity index (χ1) is 13.2. The van der Waals surface area contributed by atoms with Crippen molar-refractivity contribution < 1.29 is 29.3 Å². The van der Waals surface area contributed by atoms with Crippen LogP contribution in [0.5, 0.6) is 5.75 Å². The fourth-order valence-electron chi connectivity index (χ4n) is 3.26. The fraction of sp³-hybridized carbons (Fsp3) is 0.500. The molecule has 0 spiro atoms. The molecule has 0 saturated heterocycles. The number of hydrogen-bond acceptors (Lipinski definition) is 4. The number of aryl methyl sites for hydroxylation is 1. The number of hydrogen-bond donors (Lipinski definition) is 2. The first-order valence-corrected chi connectivity index (χ1v) is 9.59. The Morgan fingerprint density at radius 1 is 1.14 bits per heavy atom. The van der Waals surface area contributed by atoms with Crippen molar-refractivity contribution in [3.63, 3.8) is 0 Å². The summed E-state index contributed by atoms with van der Waals surface area (Å²) in [4.78, 5) is 36.3. The molecular weight excluding hydrogens is 360 g/mol. The van der Waals surface area contributed by atoms with Crippen molar-refractivity contribution in [2.45, 2.75) is 59.3 Å².